The smallest absolute Gasteiger partial charge is 0.264 e. The number of benzene rings is 1. The highest BCUT2D eigenvalue weighted by atomic mass is 32.1. The van der Waals surface area contributed by atoms with Crippen molar-refractivity contribution >= 4 is 27.3 Å². The second-order valence-electron chi connectivity index (χ2n) is 4.78. The summed E-state index contributed by atoms with van der Waals surface area (Å²) in [5.41, 5.74) is 0. The molecule has 1 saturated heterocycles. The van der Waals surface area contributed by atoms with Crippen LogP contribution in [-0.4, -0.2) is 48.4 Å². The van der Waals surface area contributed by atoms with E-state index >= 15 is 0 Å². The molecule has 1 aliphatic rings. The van der Waals surface area contributed by atoms with E-state index in [-0.39, 0.29) is 5.91 Å². The molecule has 0 unspecified atom stereocenters. The summed E-state index contributed by atoms with van der Waals surface area (Å²) < 4.78 is 1.18. The molecule has 0 bridgehead atoms. The number of rotatable bonds is 2. The standard InChI is InChI=1S/C15H17N2OS/c1-2-16-7-9-17(10-8-16)15(18)14-11-12-5-3-4-6-13(12)19-14/h3-6,11H,1-2,7-10H2. The van der Waals surface area contributed by atoms with Gasteiger partial charge in [-0.1, -0.05) is 18.2 Å². The molecule has 1 amide bonds. The number of hydrogen-bond acceptors (Lipinski definition) is 3. The predicted octanol–water partition coefficient (Wildman–Crippen LogP) is 2.49. The van der Waals surface area contributed by atoms with Gasteiger partial charge < -0.3 is 4.90 Å². The van der Waals surface area contributed by atoms with Crippen LogP contribution >= 0.6 is 11.3 Å². The van der Waals surface area contributed by atoms with E-state index in [9.17, 15) is 4.79 Å². The van der Waals surface area contributed by atoms with Crippen molar-refractivity contribution in [1.29, 1.82) is 0 Å². The molecule has 3 rings (SSSR count). The normalized spacial score (nSPS) is 17.0. The Balaban J connectivity index is 1.77. The minimum absolute atomic E-state index is 0.171. The summed E-state index contributed by atoms with van der Waals surface area (Å²) in [7, 11) is 0. The molecule has 1 radical (unpaired) electrons. The molecule has 1 aromatic heterocycles. The first-order chi connectivity index (χ1) is 9.28. The molecule has 0 N–H and O–H groups in total. The molecule has 1 aromatic carbocycles. The number of fused-ring (bicyclic) bond motifs is 1. The molecule has 2 aromatic rings. The SMILES string of the molecule is [CH2]CN1CCN(C(=O)c2cc3ccccc3s2)CC1. The van der Waals surface area contributed by atoms with E-state index < -0.39 is 0 Å². The number of hydrogen-bond donors (Lipinski definition) is 0. The summed E-state index contributed by atoms with van der Waals surface area (Å²) in [6.07, 6.45) is 0. The number of piperazine rings is 1. The van der Waals surface area contributed by atoms with Crippen LogP contribution in [0.25, 0.3) is 10.1 Å². The van der Waals surface area contributed by atoms with Gasteiger partial charge in [0.1, 0.15) is 0 Å². The van der Waals surface area contributed by atoms with Gasteiger partial charge in [-0.3, -0.25) is 9.69 Å². The van der Waals surface area contributed by atoms with Gasteiger partial charge in [-0.2, -0.15) is 0 Å². The second kappa shape index (κ2) is 5.31. The van der Waals surface area contributed by atoms with E-state index in [2.05, 4.69) is 24.0 Å². The van der Waals surface area contributed by atoms with Crippen LogP contribution in [0.4, 0.5) is 0 Å². The van der Waals surface area contributed by atoms with Gasteiger partial charge in [0, 0.05) is 30.9 Å². The summed E-state index contributed by atoms with van der Waals surface area (Å²) in [6.45, 7) is 8.19. The van der Waals surface area contributed by atoms with Crippen LogP contribution in [0.15, 0.2) is 30.3 Å². The molecule has 1 aliphatic heterocycles. The first-order valence-electron chi connectivity index (χ1n) is 6.57. The number of carbonyl (C=O) groups is 1. The number of amides is 1. The average Bonchev–Trinajstić information content (AvgIpc) is 2.90. The van der Waals surface area contributed by atoms with Crippen LogP contribution in [0.3, 0.4) is 0 Å². The number of thiophene rings is 1. The van der Waals surface area contributed by atoms with Crippen LogP contribution in [0.2, 0.25) is 0 Å². The lowest BCUT2D eigenvalue weighted by atomic mass is 10.2. The molecule has 0 saturated carbocycles. The van der Waals surface area contributed by atoms with Crippen molar-refractivity contribution in [2.45, 2.75) is 0 Å². The van der Waals surface area contributed by atoms with Crippen molar-refractivity contribution < 1.29 is 4.79 Å². The van der Waals surface area contributed by atoms with Gasteiger partial charge >= 0.3 is 0 Å². The third kappa shape index (κ3) is 2.51. The zero-order chi connectivity index (χ0) is 13.2. The molecule has 0 aliphatic carbocycles. The van der Waals surface area contributed by atoms with E-state index in [1.165, 1.54) is 4.70 Å². The highest BCUT2D eigenvalue weighted by Crippen LogP contribution is 2.26. The lowest BCUT2D eigenvalue weighted by Crippen LogP contribution is -2.48. The Bertz CT molecular complexity index is 552. The zero-order valence-electron chi connectivity index (χ0n) is 10.8. The summed E-state index contributed by atoms with van der Waals surface area (Å²) in [6, 6.07) is 10.2. The molecule has 4 heteroatoms. The van der Waals surface area contributed by atoms with E-state index in [0.29, 0.717) is 0 Å². The summed E-state index contributed by atoms with van der Waals surface area (Å²) in [4.78, 5) is 17.5. The monoisotopic (exact) mass is 273 g/mol. The molecule has 2 heterocycles. The molecule has 99 valence electrons. The quantitative estimate of drug-likeness (QED) is 0.839. The number of nitrogens with zero attached hydrogens (tertiary/aromatic N) is 2. The summed E-state index contributed by atoms with van der Waals surface area (Å²) in [5, 5.41) is 1.16. The minimum Gasteiger partial charge on any atom is -0.335 e. The lowest BCUT2D eigenvalue weighted by molar-refractivity contribution is 0.0654. The van der Waals surface area contributed by atoms with E-state index in [4.69, 9.17) is 0 Å². The van der Waals surface area contributed by atoms with Gasteiger partial charge in [0.05, 0.1) is 4.88 Å². The Hall–Kier alpha value is -1.39. The topological polar surface area (TPSA) is 23.6 Å². The van der Waals surface area contributed by atoms with E-state index in [0.717, 1.165) is 43.0 Å². The van der Waals surface area contributed by atoms with Crippen LogP contribution < -0.4 is 0 Å². The average molecular weight is 273 g/mol. The van der Waals surface area contributed by atoms with Gasteiger partial charge in [-0.25, -0.2) is 0 Å². The van der Waals surface area contributed by atoms with Crippen LogP contribution in [0.1, 0.15) is 9.67 Å². The van der Waals surface area contributed by atoms with Crippen LogP contribution in [-0.2, 0) is 0 Å². The largest absolute Gasteiger partial charge is 0.335 e. The fourth-order valence-corrected chi connectivity index (χ4v) is 3.45. The van der Waals surface area contributed by atoms with Gasteiger partial charge in [0.2, 0.25) is 0 Å². The third-order valence-electron chi connectivity index (χ3n) is 3.61. The molecule has 0 spiro atoms. The van der Waals surface area contributed by atoms with Gasteiger partial charge in [-0.15, -0.1) is 11.3 Å². The van der Waals surface area contributed by atoms with Crippen molar-refractivity contribution in [3.8, 4) is 0 Å². The molecular formula is C15H17N2OS. The Labute approximate surface area is 117 Å². The molecular weight excluding hydrogens is 256 g/mol. The number of carbonyl (C=O) groups excluding carboxylic acids is 1. The Morgan fingerprint density at radius 1 is 1.21 bits per heavy atom. The van der Waals surface area contributed by atoms with Crippen molar-refractivity contribution in [2.24, 2.45) is 0 Å². The molecule has 1 fully saturated rings. The summed E-state index contributed by atoms with van der Waals surface area (Å²) in [5.74, 6) is 0.171. The third-order valence-corrected chi connectivity index (χ3v) is 4.72. The maximum Gasteiger partial charge on any atom is 0.264 e. The van der Waals surface area contributed by atoms with Crippen molar-refractivity contribution in [1.82, 2.24) is 9.80 Å². The highest BCUT2D eigenvalue weighted by Gasteiger charge is 2.22. The molecule has 0 atom stereocenters. The van der Waals surface area contributed by atoms with Crippen LogP contribution in [0, 0.1) is 6.92 Å². The Kier molecular flexibility index (Phi) is 3.53. The second-order valence-corrected chi connectivity index (χ2v) is 5.87. The zero-order valence-corrected chi connectivity index (χ0v) is 11.7. The minimum atomic E-state index is 0.171. The maximum absolute atomic E-state index is 12.5. The maximum atomic E-state index is 12.5. The lowest BCUT2D eigenvalue weighted by Gasteiger charge is -2.33. The first kappa shape index (κ1) is 12.6. The summed E-state index contributed by atoms with van der Waals surface area (Å²) >= 11 is 1.59. The highest BCUT2D eigenvalue weighted by molar-refractivity contribution is 7.20. The van der Waals surface area contributed by atoms with Crippen molar-refractivity contribution in [2.75, 3.05) is 32.7 Å². The first-order valence-corrected chi connectivity index (χ1v) is 7.39. The fourth-order valence-electron chi connectivity index (χ4n) is 2.42. The predicted molar refractivity (Wildman–Crippen MR) is 79.5 cm³/mol. The van der Waals surface area contributed by atoms with Crippen LogP contribution in [0.5, 0.6) is 0 Å². The molecule has 3 nitrogen and oxygen atoms in total. The Morgan fingerprint density at radius 2 is 1.95 bits per heavy atom. The van der Waals surface area contributed by atoms with Gasteiger partial charge in [0.15, 0.2) is 0 Å². The molecule has 19 heavy (non-hydrogen) atoms. The Morgan fingerprint density at radius 3 is 2.63 bits per heavy atom. The van der Waals surface area contributed by atoms with Gasteiger partial charge in [-0.05, 0) is 31.0 Å². The van der Waals surface area contributed by atoms with Crippen molar-refractivity contribution in [3.63, 3.8) is 0 Å². The van der Waals surface area contributed by atoms with Gasteiger partial charge in [0.25, 0.3) is 5.91 Å². The fraction of sp³-hybridized carbons (Fsp3) is 0.333. The van der Waals surface area contributed by atoms with E-state index in [1.807, 2.05) is 23.1 Å². The van der Waals surface area contributed by atoms with E-state index in [1.54, 1.807) is 11.3 Å². The van der Waals surface area contributed by atoms with Crippen molar-refractivity contribution in [3.05, 3.63) is 42.1 Å².